The fourth-order valence-electron chi connectivity index (χ4n) is 3.58. The largest absolute Gasteiger partial charge is 0.207 e. The standard InChI is InChI=1S/C17H16Cl2F2N2/c1-9-6-12(20)7-14(21)16(9)11-4-2-10(3-5-11)13-8-15(18)22-23-17(13)19/h6-8,10-11H,2-5H2,1H3. The number of halogens is 4. The van der Waals surface area contributed by atoms with Crippen molar-refractivity contribution in [2.45, 2.75) is 44.4 Å². The molecule has 1 aromatic heterocycles. The first kappa shape index (κ1) is 16.6. The van der Waals surface area contributed by atoms with Crippen LogP contribution in [0.3, 0.4) is 0 Å². The van der Waals surface area contributed by atoms with Crippen molar-refractivity contribution in [1.29, 1.82) is 0 Å². The molecule has 23 heavy (non-hydrogen) atoms. The molecule has 1 aliphatic rings. The van der Waals surface area contributed by atoms with Gasteiger partial charge < -0.3 is 0 Å². The van der Waals surface area contributed by atoms with Crippen molar-refractivity contribution in [3.05, 3.63) is 56.8 Å². The normalized spacial score (nSPS) is 21.4. The van der Waals surface area contributed by atoms with Crippen LogP contribution in [0.25, 0.3) is 0 Å². The Labute approximate surface area is 143 Å². The van der Waals surface area contributed by atoms with Crippen LogP contribution < -0.4 is 0 Å². The second-order valence-corrected chi connectivity index (χ2v) is 6.83. The van der Waals surface area contributed by atoms with Crippen molar-refractivity contribution in [2.24, 2.45) is 0 Å². The van der Waals surface area contributed by atoms with E-state index in [0.29, 0.717) is 21.4 Å². The van der Waals surface area contributed by atoms with Gasteiger partial charge in [-0.1, -0.05) is 23.2 Å². The molecule has 6 heteroatoms. The van der Waals surface area contributed by atoms with Gasteiger partial charge in [-0.25, -0.2) is 8.78 Å². The summed E-state index contributed by atoms with van der Waals surface area (Å²) in [5.41, 5.74) is 2.22. The minimum atomic E-state index is -0.526. The Bertz CT molecular complexity index is 706. The highest BCUT2D eigenvalue weighted by molar-refractivity contribution is 6.31. The summed E-state index contributed by atoms with van der Waals surface area (Å²) in [6.45, 7) is 1.76. The number of nitrogens with zero attached hydrogens (tertiary/aromatic N) is 2. The lowest BCUT2D eigenvalue weighted by Gasteiger charge is -2.30. The molecule has 0 unspecified atom stereocenters. The minimum Gasteiger partial charge on any atom is -0.207 e. The molecule has 3 rings (SSSR count). The molecule has 1 aliphatic carbocycles. The molecule has 122 valence electrons. The van der Waals surface area contributed by atoms with E-state index in [1.54, 1.807) is 13.0 Å². The first-order valence-electron chi connectivity index (χ1n) is 7.60. The van der Waals surface area contributed by atoms with Crippen LogP contribution in [0, 0.1) is 18.6 Å². The van der Waals surface area contributed by atoms with Crippen LogP contribution in [0.15, 0.2) is 18.2 Å². The lowest BCUT2D eigenvalue weighted by molar-refractivity contribution is 0.385. The molecular formula is C17H16Cl2F2N2. The van der Waals surface area contributed by atoms with E-state index in [4.69, 9.17) is 23.2 Å². The highest BCUT2D eigenvalue weighted by Gasteiger charge is 2.28. The number of rotatable bonds is 2. The molecule has 0 spiro atoms. The molecule has 0 saturated heterocycles. The van der Waals surface area contributed by atoms with E-state index in [2.05, 4.69) is 10.2 Å². The van der Waals surface area contributed by atoms with Crippen LogP contribution in [0.4, 0.5) is 8.78 Å². The van der Waals surface area contributed by atoms with Gasteiger partial charge in [-0.3, -0.25) is 0 Å². The van der Waals surface area contributed by atoms with Crippen molar-refractivity contribution in [3.8, 4) is 0 Å². The molecule has 2 nitrogen and oxygen atoms in total. The zero-order valence-corrected chi connectivity index (χ0v) is 14.1. The molecule has 0 N–H and O–H groups in total. The predicted octanol–water partition coefficient (Wildman–Crippen LogP) is 5.81. The fourth-order valence-corrected chi connectivity index (χ4v) is 3.98. The van der Waals surface area contributed by atoms with Crippen molar-refractivity contribution >= 4 is 23.2 Å². The Hall–Kier alpha value is -1.26. The topological polar surface area (TPSA) is 25.8 Å². The van der Waals surface area contributed by atoms with Gasteiger partial charge in [-0.15, -0.1) is 10.2 Å². The summed E-state index contributed by atoms with van der Waals surface area (Å²) in [6.07, 6.45) is 3.37. The smallest absolute Gasteiger partial charge is 0.155 e. The van der Waals surface area contributed by atoms with Crippen molar-refractivity contribution < 1.29 is 8.78 Å². The lowest BCUT2D eigenvalue weighted by atomic mass is 9.75. The third kappa shape index (κ3) is 3.48. The van der Waals surface area contributed by atoms with Crippen LogP contribution in [-0.4, -0.2) is 10.2 Å². The van der Waals surface area contributed by atoms with Crippen LogP contribution in [0.1, 0.15) is 54.2 Å². The monoisotopic (exact) mass is 356 g/mol. The molecule has 0 radical (unpaired) electrons. The second kappa shape index (κ2) is 6.70. The van der Waals surface area contributed by atoms with Gasteiger partial charge in [0.25, 0.3) is 0 Å². The maximum atomic E-state index is 14.1. The third-order valence-electron chi connectivity index (χ3n) is 4.62. The molecular weight excluding hydrogens is 341 g/mol. The summed E-state index contributed by atoms with van der Waals surface area (Å²) in [4.78, 5) is 0. The maximum Gasteiger partial charge on any atom is 0.155 e. The van der Waals surface area contributed by atoms with E-state index in [0.717, 1.165) is 37.3 Å². The molecule has 0 amide bonds. The Morgan fingerprint density at radius 2 is 1.61 bits per heavy atom. The maximum absolute atomic E-state index is 14.1. The SMILES string of the molecule is Cc1cc(F)cc(F)c1C1CCC(c2cc(Cl)nnc2Cl)CC1. The molecule has 1 fully saturated rings. The van der Waals surface area contributed by atoms with Gasteiger partial charge in [0.15, 0.2) is 10.3 Å². The van der Waals surface area contributed by atoms with E-state index in [1.807, 2.05) is 0 Å². The summed E-state index contributed by atoms with van der Waals surface area (Å²) in [5.74, 6) is -0.620. The average molecular weight is 357 g/mol. The number of hydrogen-bond donors (Lipinski definition) is 0. The summed E-state index contributed by atoms with van der Waals surface area (Å²) in [7, 11) is 0. The number of hydrogen-bond acceptors (Lipinski definition) is 2. The van der Waals surface area contributed by atoms with Gasteiger partial charge in [-0.2, -0.15) is 0 Å². The van der Waals surface area contributed by atoms with E-state index < -0.39 is 11.6 Å². The molecule has 0 atom stereocenters. The lowest BCUT2D eigenvalue weighted by Crippen LogP contribution is -2.15. The summed E-state index contributed by atoms with van der Waals surface area (Å²) < 4.78 is 27.4. The van der Waals surface area contributed by atoms with E-state index in [-0.39, 0.29) is 11.8 Å². The second-order valence-electron chi connectivity index (χ2n) is 6.08. The van der Waals surface area contributed by atoms with Gasteiger partial charge in [0, 0.05) is 6.07 Å². The predicted molar refractivity (Wildman–Crippen MR) is 87.1 cm³/mol. The highest BCUT2D eigenvalue weighted by Crippen LogP contribution is 2.43. The van der Waals surface area contributed by atoms with Gasteiger partial charge >= 0.3 is 0 Å². The zero-order chi connectivity index (χ0) is 16.6. The Kier molecular flexibility index (Phi) is 4.83. The molecule has 0 bridgehead atoms. The van der Waals surface area contributed by atoms with Crippen LogP contribution in [-0.2, 0) is 0 Å². The van der Waals surface area contributed by atoms with E-state index >= 15 is 0 Å². The van der Waals surface area contributed by atoms with Crippen LogP contribution in [0.2, 0.25) is 10.3 Å². The van der Waals surface area contributed by atoms with Gasteiger partial charge in [-0.05, 0) is 73.3 Å². The summed E-state index contributed by atoms with van der Waals surface area (Å²) in [6, 6.07) is 4.12. The molecule has 0 aliphatic heterocycles. The molecule has 1 aromatic carbocycles. The Morgan fingerprint density at radius 3 is 2.26 bits per heavy atom. The summed E-state index contributed by atoms with van der Waals surface area (Å²) >= 11 is 12.0. The highest BCUT2D eigenvalue weighted by atomic mass is 35.5. The average Bonchev–Trinajstić information content (AvgIpc) is 2.49. The molecule has 1 saturated carbocycles. The zero-order valence-electron chi connectivity index (χ0n) is 12.6. The number of benzene rings is 1. The third-order valence-corrected chi connectivity index (χ3v) is 5.10. The van der Waals surface area contributed by atoms with Crippen LogP contribution >= 0.6 is 23.2 Å². The minimum absolute atomic E-state index is 0.107. The molecule has 1 heterocycles. The van der Waals surface area contributed by atoms with Crippen molar-refractivity contribution in [1.82, 2.24) is 10.2 Å². The Balaban J connectivity index is 1.78. The number of aromatic nitrogens is 2. The first-order valence-corrected chi connectivity index (χ1v) is 8.35. The van der Waals surface area contributed by atoms with Crippen molar-refractivity contribution in [3.63, 3.8) is 0 Å². The van der Waals surface area contributed by atoms with Gasteiger partial charge in [0.05, 0.1) is 0 Å². The van der Waals surface area contributed by atoms with Crippen molar-refractivity contribution in [2.75, 3.05) is 0 Å². The molecule has 2 aromatic rings. The van der Waals surface area contributed by atoms with Gasteiger partial charge in [0.1, 0.15) is 11.6 Å². The summed E-state index contributed by atoms with van der Waals surface area (Å²) in [5, 5.41) is 8.28. The number of aryl methyl sites for hydroxylation is 1. The van der Waals surface area contributed by atoms with Crippen LogP contribution in [0.5, 0.6) is 0 Å². The Morgan fingerprint density at radius 1 is 0.957 bits per heavy atom. The quantitative estimate of drug-likeness (QED) is 0.678. The van der Waals surface area contributed by atoms with E-state index in [9.17, 15) is 8.78 Å². The van der Waals surface area contributed by atoms with Gasteiger partial charge in [0.2, 0.25) is 0 Å². The fraction of sp³-hybridized carbons (Fsp3) is 0.412. The van der Waals surface area contributed by atoms with E-state index in [1.165, 1.54) is 6.07 Å². The first-order chi connectivity index (χ1) is 11.0.